The molecule has 3 rings (SSSR count). The summed E-state index contributed by atoms with van der Waals surface area (Å²) in [6.45, 7) is 0.230. The summed E-state index contributed by atoms with van der Waals surface area (Å²) in [5.41, 5.74) is 3.08. The van der Waals surface area contributed by atoms with Gasteiger partial charge in [0.05, 0.1) is 6.10 Å². The SMILES string of the molecule is O=c1cc(CCC(O)COc2ccc(-c3ccccc3)cc2)cc[nH]1. The molecule has 0 saturated heterocycles. The Hall–Kier alpha value is -2.85. The van der Waals surface area contributed by atoms with E-state index in [2.05, 4.69) is 17.1 Å². The van der Waals surface area contributed by atoms with Crippen molar-refractivity contribution in [3.63, 3.8) is 0 Å². The van der Waals surface area contributed by atoms with Crippen molar-refractivity contribution in [2.75, 3.05) is 6.61 Å². The minimum atomic E-state index is -0.576. The van der Waals surface area contributed by atoms with Crippen molar-refractivity contribution in [3.05, 3.63) is 88.8 Å². The van der Waals surface area contributed by atoms with Crippen LogP contribution in [0.3, 0.4) is 0 Å². The standard InChI is InChI=1S/C21H21NO3/c23-19(9-6-16-12-13-22-21(24)14-16)15-25-20-10-7-18(8-11-20)17-4-2-1-3-5-17/h1-5,7-8,10-14,19,23H,6,9,15H2,(H,22,24). The topological polar surface area (TPSA) is 62.3 Å². The lowest BCUT2D eigenvalue weighted by Crippen LogP contribution is -2.18. The van der Waals surface area contributed by atoms with Gasteiger partial charge in [0.15, 0.2) is 0 Å². The van der Waals surface area contributed by atoms with E-state index in [1.165, 1.54) is 0 Å². The quantitative estimate of drug-likeness (QED) is 0.695. The first-order chi connectivity index (χ1) is 12.2. The van der Waals surface area contributed by atoms with Crippen LogP contribution in [-0.2, 0) is 6.42 Å². The van der Waals surface area contributed by atoms with Crippen molar-refractivity contribution < 1.29 is 9.84 Å². The predicted molar refractivity (Wildman–Crippen MR) is 98.8 cm³/mol. The van der Waals surface area contributed by atoms with E-state index in [-0.39, 0.29) is 12.2 Å². The summed E-state index contributed by atoms with van der Waals surface area (Å²) in [6, 6.07) is 21.4. The van der Waals surface area contributed by atoms with Gasteiger partial charge >= 0.3 is 0 Å². The molecule has 0 fully saturated rings. The molecule has 0 aliphatic carbocycles. The van der Waals surface area contributed by atoms with Gasteiger partial charge in [0.2, 0.25) is 5.56 Å². The summed E-state index contributed by atoms with van der Waals surface area (Å²) in [5, 5.41) is 10.1. The van der Waals surface area contributed by atoms with Gasteiger partial charge in [-0.2, -0.15) is 0 Å². The zero-order valence-corrected chi connectivity index (χ0v) is 13.9. The molecule has 0 aliphatic heterocycles. The fraction of sp³-hybridized carbons (Fsp3) is 0.190. The summed E-state index contributed by atoms with van der Waals surface area (Å²) in [4.78, 5) is 13.8. The zero-order chi connectivity index (χ0) is 17.5. The molecule has 1 unspecified atom stereocenters. The Balaban J connectivity index is 1.49. The van der Waals surface area contributed by atoms with Gasteiger partial charge in [-0.15, -0.1) is 0 Å². The molecule has 25 heavy (non-hydrogen) atoms. The molecule has 0 aliphatic rings. The van der Waals surface area contributed by atoms with Gasteiger partial charge in [-0.3, -0.25) is 4.79 Å². The summed E-state index contributed by atoms with van der Waals surface area (Å²) in [6.07, 6.45) is 2.23. The second-order valence-corrected chi connectivity index (χ2v) is 5.96. The van der Waals surface area contributed by atoms with Crippen LogP contribution in [0.1, 0.15) is 12.0 Å². The average molecular weight is 335 g/mol. The Morgan fingerprint density at radius 3 is 2.40 bits per heavy atom. The number of benzene rings is 2. The van der Waals surface area contributed by atoms with Crippen LogP contribution in [0.4, 0.5) is 0 Å². The first-order valence-electron chi connectivity index (χ1n) is 8.35. The van der Waals surface area contributed by atoms with Gasteiger partial charge in [-0.1, -0.05) is 42.5 Å². The Morgan fingerprint density at radius 2 is 1.68 bits per heavy atom. The van der Waals surface area contributed by atoms with Crippen LogP contribution in [-0.4, -0.2) is 22.8 Å². The minimum absolute atomic E-state index is 0.123. The molecule has 0 bridgehead atoms. The highest BCUT2D eigenvalue weighted by Gasteiger charge is 2.07. The van der Waals surface area contributed by atoms with Gasteiger partial charge in [-0.05, 0) is 47.7 Å². The molecule has 4 nitrogen and oxygen atoms in total. The Morgan fingerprint density at radius 1 is 0.960 bits per heavy atom. The van der Waals surface area contributed by atoms with Crippen molar-refractivity contribution in [2.45, 2.75) is 18.9 Å². The number of nitrogens with one attached hydrogen (secondary N) is 1. The summed E-state index contributed by atoms with van der Waals surface area (Å²) in [7, 11) is 0. The molecule has 1 heterocycles. The molecule has 2 aromatic carbocycles. The highest BCUT2D eigenvalue weighted by molar-refractivity contribution is 5.63. The summed E-state index contributed by atoms with van der Waals surface area (Å²) in [5.74, 6) is 0.731. The van der Waals surface area contributed by atoms with Crippen LogP contribution in [0.15, 0.2) is 77.7 Å². The smallest absolute Gasteiger partial charge is 0.248 e. The van der Waals surface area contributed by atoms with E-state index in [0.717, 1.165) is 22.4 Å². The van der Waals surface area contributed by atoms with Crippen LogP contribution in [0.2, 0.25) is 0 Å². The van der Waals surface area contributed by atoms with Crippen LogP contribution >= 0.6 is 0 Å². The van der Waals surface area contributed by atoms with Gasteiger partial charge in [0.25, 0.3) is 0 Å². The fourth-order valence-corrected chi connectivity index (χ4v) is 2.63. The van der Waals surface area contributed by atoms with Crippen LogP contribution in [0, 0.1) is 0 Å². The molecule has 128 valence electrons. The number of ether oxygens (including phenoxy) is 1. The molecule has 0 saturated carbocycles. The first-order valence-corrected chi connectivity index (χ1v) is 8.35. The maximum absolute atomic E-state index is 11.2. The molecular weight excluding hydrogens is 314 g/mol. The third-order valence-electron chi connectivity index (χ3n) is 4.01. The van der Waals surface area contributed by atoms with Gasteiger partial charge in [0, 0.05) is 12.3 Å². The molecule has 0 spiro atoms. The third-order valence-corrected chi connectivity index (χ3v) is 4.01. The van der Waals surface area contributed by atoms with E-state index >= 15 is 0 Å². The first kappa shape index (κ1) is 17.0. The fourth-order valence-electron chi connectivity index (χ4n) is 2.63. The molecular formula is C21H21NO3. The maximum Gasteiger partial charge on any atom is 0.248 e. The molecule has 2 N–H and O–H groups in total. The maximum atomic E-state index is 11.2. The number of aliphatic hydroxyl groups excluding tert-OH is 1. The Kier molecular flexibility index (Phi) is 5.65. The van der Waals surface area contributed by atoms with E-state index in [1.54, 1.807) is 12.3 Å². The molecule has 1 aromatic heterocycles. The van der Waals surface area contributed by atoms with Crippen molar-refractivity contribution in [1.82, 2.24) is 4.98 Å². The number of hydrogen-bond acceptors (Lipinski definition) is 3. The number of aromatic nitrogens is 1. The normalized spacial score (nSPS) is 11.9. The number of hydrogen-bond donors (Lipinski definition) is 2. The van der Waals surface area contributed by atoms with E-state index in [9.17, 15) is 9.90 Å². The lowest BCUT2D eigenvalue weighted by Gasteiger charge is -2.12. The minimum Gasteiger partial charge on any atom is -0.491 e. The number of H-pyrrole nitrogens is 1. The monoisotopic (exact) mass is 335 g/mol. The van der Waals surface area contributed by atoms with Crippen LogP contribution < -0.4 is 10.3 Å². The lowest BCUT2D eigenvalue weighted by molar-refractivity contribution is 0.100. The third kappa shape index (κ3) is 5.06. The van der Waals surface area contributed by atoms with Gasteiger partial charge in [-0.25, -0.2) is 0 Å². The Bertz CT molecular complexity index is 841. The van der Waals surface area contributed by atoms with Crippen molar-refractivity contribution in [3.8, 4) is 16.9 Å². The summed E-state index contributed by atoms with van der Waals surface area (Å²) < 4.78 is 5.65. The van der Waals surface area contributed by atoms with E-state index in [0.29, 0.717) is 12.8 Å². The lowest BCUT2D eigenvalue weighted by atomic mass is 10.1. The number of rotatable bonds is 7. The molecule has 0 amide bonds. The van der Waals surface area contributed by atoms with Crippen molar-refractivity contribution in [2.24, 2.45) is 0 Å². The average Bonchev–Trinajstić information content (AvgIpc) is 2.66. The van der Waals surface area contributed by atoms with Gasteiger partial charge < -0.3 is 14.8 Å². The Labute approximate surface area is 146 Å². The van der Waals surface area contributed by atoms with Crippen LogP contribution in [0.5, 0.6) is 5.75 Å². The highest BCUT2D eigenvalue weighted by Crippen LogP contribution is 2.22. The molecule has 1 atom stereocenters. The number of aromatic amines is 1. The second-order valence-electron chi connectivity index (χ2n) is 5.96. The van der Waals surface area contributed by atoms with E-state index < -0.39 is 6.10 Å². The largest absolute Gasteiger partial charge is 0.491 e. The molecule has 0 radical (unpaired) electrons. The van der Waals surface area contributed by atoms with Crippen molar-refractivity contribution >= 4 is 0 Å². The van der Waals surface area contributed by atoms with E-state index in [1.807, 2.05) is 48.5 Å². The number of aliphatic hydroxyl groups is 1. The molecule has 4 heteroatoms. The zero-order valence-electron chi connectivity index (χ0n) is 13.9. The van der Waals surface area contributed by atoms with E-state index in [4.69, 9.17) is 4.74 Å². The number of pyridine rings is 1. The number of aryl methyl sites for hydroxylation is 1. The second kappa shape index (κ2) is 8.31. The predicted octanol–water partition coefficient (Wildman–Crippen LogP) is 3.41. The van der Waals surface area contributed by atoms with Crippen LogP contribution in [0.25, 0.3) is 11.1 Å². The summed E-state index contributed by atoms with van der Waals surface area (Å²) >= 11 is 0. The van der Waals surface area contributed by atoms with Gasteiger partial charge in [0.1, 0.15) is 12.4 Å². The van der Waals surface area contributed by atoms with Crippen molar-refractivity contribution in [1.29, 1.82) is 0 Å². The molecule has 3 aromatic rings. The highest BCUT2D eigenvalue weighted by atomic mass is 16.5.